The summed E-state index contributed by atoms with van der Waals surface area (Å²) in [6.07, 6.45) is 0.859. The first-order valence-electron chi connectivity index (χ1n) is 9.13. The summed E-state index contributed by atoms with van der Waals surface area (Å²) in [5.74, 6) is 1.48. The Morgan fingerprint density at radius 1 is 1.14 bits per heavy atom. The number of carbonyl (C=O) groups excluding carboxylic acids is 1. The highest BCUT2D eigenvalue weighted by molar-refractivity contribution is 5.95. The molecule has 1 aliphatic rings. The van der Waals surface area contributed by atoms with Gasteiger partial charge in [0.15, 0.2) is 17.4 Å². The lowest BCUT2D eigenvalue weighted by Gasteiger charge is -2.29. The molecule has 0 atom stereocenters. The van der Waals surface area contributed by atoms with Gasteiger partial charge in [0, 0.05) is 35.7 Å². The van der Waals surface area contributed by atoms with Gasteiger partial charge in [-0.2, -0.15) is 0 Å². The van der Waals surface area contributed by atoms with Gasteiger partial charge in [-0.15, -0.1) is 0 Å². The first kappa shape index (κ1) is 18.2. The highest BCUT2D eigenvalue weighted by atomic mass is 16.5. The summed E-state index contributed by atoms with van der Waals surface area (Å²) in [5.41, 5.74) is 3.92. The molecule has 146 valence electrons. The van der Waals surface area contributed by atoms with E-state index in [1.165, 1.54) is 5.56 Å². The van der Waals surface area contributed by atoms with E-state index in [-0.39, 0.29) is 11.8 Å². The number of nitrogens with one attached hydrogen (secondary N) is 2. The molecular weight excluding hydrogens is 358 g/mol. The molecule has 2 heterocycles. The molecule has 1 amide bonds. The normalized spacial score (nSPS) is 13.9. The monoisotopic (exact) mass is 381 g/mol. The average molecular weight is 381 g/mol. The first-order valence-corrected chi connectivity index (χ1v) is 9.13. The van der Waals surface area contributed by atoms with Crippen LogP contribution in [0.3, 0.4) is 0 Å². The number of fused-ring (bicyclic) bond motifs is 2. The molecule has 28 heavy (non-hydrogen) atoms. The molecule has 2 aromatic carbocycles. The molecule has 7 heteroatoms. The van der Waals surface area contributed by atoms with E-state index in [0.717, 1.165) is 35.2 Å². The summed E-state index contributed by atoms with van der Waals surface area (Å²) in [7, 11) is 3.26. The second-order valence-electron chi connectivity index (χ2n) is 6.94. The predicted molar refractivity (Wildman–Crippen MR) is 107 cm³/mol. The van der Waals surface area contributed by atoms with Gasteiger partial charge in [-0.05, 0) is 47.9 Å². The van der Waals surface area contributed by atoms with Gasteiger partial charge in [0.2, 0.25) is 5.91 Å². The van der Waals surface area contributed by atoms with E-state index in [1.54, 1.807) is 20.3 Å². The van der Waals surface area contributed by atoms with Gasteiger partial charge in [-0.3, -0.25) is 9.69 Å². The molecule has 7 nitrogen and oxygen atoms in total. The van der Waals surface area contributed by atoms with Crippen molar-refractivity contribution in [2.45, 2.75) is 13.0 Å². The van der Waals surface area contributed by atoms with E-state index >= 15 is 0 Å². The third kappa shape index (κ3) is 3.61. The van der Waals surface area contributed by atoms with Crippen LogP contribution in [0.4, 0.5) is 5.69 Å². The molecule has 1 aromatic heterocycles. The number of hydrogen-bond acceptors (Lipinski definition) is 5. The van der Waals surface area contributed by atoms with Gasteiger partial charge in [0.25, 0.3) is 0 Å². The van der Waals surface area contributed by atoms with E-state index in [2.05, 4.69) is 15.2 Å². The van der Waals surface area contributed by atoms with E-state index in [9.17, 15) is 9.90 Å². The summed E-state index contributed by atoms with van der Waals surface area (Å²) in [4.78, 5) is 17.5. The number of anilines is 1. The number of benzene rings is 2. The van der Waals surface area contributed by atoms with Crippen molar-refractivity contribution in [3.63, 3.8) is 0 Å². The molecule has 0 spiro atoms. The number of carbonyl (C=O) groups is 1. The number of ether oxygens (including phenoxy) is 2. The molecule has 0 bridgehead atoms. The molecule has 0 saturated heterocycles. The van der Waals surface area contributed by atoms with Crippen molar-refractivity contribution in [3.05, 3.63) is 47.5 Å². The van der Waals surface area contributed by atoms with Gasteiger partial charge >= 0.3 is 0 Å². The average Bonchev–Trinajstić information content (AvgIpc) is 3.06. The van der Waals surface area contributed by atoms with E-state index in [0.29, 0.717) is 24.5 Å². The maximum atomic E-state index is 12.5. The van der Waals surface area contributed by atoms with Crippen LogP contribution in [0, 0.1) is 0 Å². The van der Waals surface area contributed by atoms with Gasteiger partial charge < -0.3 is 24.9 Å². The van der Waals surface area contributed by atoms with E-state index < -0.39 is 0 Å². The zero-order valence-electron chi connectivity index (χ0n) is 15.9. The Balaban J connectivity index is 1.42. The van der Waals surface area contributed by atoms with Crippen molar-refractivity contribution < 1.29 is 19.4 Å². The standard InChI is InChI=1S/C21H23N3O4/c1-27-18-8-13-5-6-24(11-15(13)9-19(18)28-2)12-21(26)22-16-3-4-17-14(7-16)10-20(25)23-17/h3-4,7-10,23,25H,5-6,11-12H2,1-2H3,(H,22,26). The topological polar surface area (TPSA) is 86.8 Å². The Morgan fingerprint density at radius 3 is 2.64 bits per heavy atom. The highest BCUT2D eigenvalue weighted by Crippen LogP contribution is 2.33. The molecule has 0 aliphatic carbocycles. The highest BCUT2D eigenvalue weighted by Gasteiger charge is 2.21. The smallest absolute Gasteiger partial charge is 0.238 e. The van der Waals surface area contributed by atoms with Crippen LogP contribution in [0.25, 0.3) is 10.9 Å². The van der Waals surface area contributed by atoms with Gasteiger partial charge in [-0.1, -0.05) is 0 Å². The Morgan fingerprint density at radius 2 is 1.89 bits per heavy atom. The van der Waals surface area contributed by atoms with Crippen molar-refractivity contribution in [2.24, 2.45) is 0 Å². The molecule has 1 aliphatic heterocycles. The summed E-state index contributed by atoms with van der Waals surface area (Å²) in [6.45, 7) is 1.80. The van der Waals surface area contributed by atoms with Crippen LogP contribution in [0.1, 0.15) is 11.1 Å². The maximum Gasteiger partial charge on any atom is 0.238 e. The number of aromatic hydroxyl groups is 1. The van der Waals surface area contributed by atoms with Gasteiger partial charge in [-0.25, -0.2) is 0 Å². The number of amides is 1. The number of aromatic amines is 1. The molecule has 0 radical (unpaired) electrons. The third-order valence-electron chi connectivity index (χ3n) is 5.05. The molecule has 3 N–H and O–H groups in total. The Bertz CT molecular complexity index is 1030. The number of nitrogens with zero attached hydrogens (tertiary/aromatic N) is 1. The van der Waals surface area contributed by atoms with E-state index in [1.807, 2.05) is 30.3 Å². The van der Waals surface area contributed by atoms with Crippen molar-refractivity contribution >= 4 is 22.5 Å². The number of rotatable bonds is 5. The zero-order valence-corrected chi connectivity index (χ0v) is 15.9. The minimum Gasteiger partial charge on any atom is -0.495 e. The third-order valence-corrected chi connectivity index (χ3v) is 5.05. The summed E-state index contributed by atoms with van der Waals surface area (Å²) in [5, 5.41) is 13.3. The van der Waals surface area contributed by atoms with Crippen LogP contribution in [-0.4, -0.2) is 48.2 Å². The largest absolute Gasteiger partial charge is 0.495 e. The lowest BCUT2D eigenvalue weighted by Crippen LogP contribution is -2.37. The fourth-order valence-electron chi connectivity index (χ4n) is 3.68. The zero-order chi connectivity index (χ0) is 19.7. The lowest BCUT2D eigenvalue weighted by atomic mass is 9.99. The Hall–Kier alpha value is -3.19. The fraction of sp³-hybridized carbons (Fsp3) is 0.286. The number of methoxy groups -OCH3 is 2. The van der Waals surface area contributed by atoms with Crippen LogP contribution in [-0.2, 0) is 17.8 Å². The summed E-state index contributed by atoms with van der Waals surface area (Å²) >= 11 is 0. The molecular formula is C21H23N3O4. The van der Waals surface area contributed by atoms with Crippen LogP contribution >= 0.6 is 0 Å². The lowest BCUT2D eigenvalue weighted by molar-refractivity contribution is -0.117. The number of aromatic nitrogens is 1. The minimum atomic E-state index is -0.0666. The van der Waals surface area contributed by atoms with Crippen LogP contribution in [0.15, 0.2) is 36.4 Å². The van der Waals surface area contributed by atoms with Gasteiger partial charge in [0.05, 0.1) is 20.8 Å². The fourth-order valence-corrected chi connectivity index (χ4v) is 3.68. The van der Waals surface area contributed by atoms with Crippen LogP contribution < -0.4 is 14.8 Å². The van der Waals surface area contributed by atoms with E-state index in [4.69, 9.17) is 9.47 Å². The van der Waals surface area contributed by atoms with Crippen molar-refractivity contribution in [2.75, 3.05) is 32.6 Å². The first-order chi connectivity index (χ1) is 13.6. The van der Waals surface area contributed by atoms with Crippen LogP contribution in [0.2, 0.25) is 0 Å². The molecule has 4 rings (SSSR count). The van der Waals surface area contributed by atoms with Crippen molar-refractivity contribution in [1.29, 1.82) is 0 Å². The maximum absolute atomic E-state index is 12.5. The second kappa shape index (κ2) is 7.44. The van der Waals surface area contributed by atoms with Crippen molar-refractivity contribution in [3.8, 4) is 17.4 Å². The quantitative estimate of drug-likeness (QED) is 0.633. The second-order valence-corrected chi connectivity index (χ2v) is 6.94. The molecule has 0 unspecified atom stereocenters. The van der Waals surface area contributed by atoms with Gasteiger partial charge in [0.1, 0.15) is 0 Å². The predicted octanol–water partition coefficient (Wildman–Crippen LogP) is 2.89. The Kier molecular flexibility index (Phi) is 4.83. The summed E-state index contributed by atoms with van der Waals surface area (Å²) in [6, 6.07) is 11.1. The number of hydrogen-bond donors (Lipinski definition) is 3. The Labute approximate surface area is 162 Å². The molecule has 3 aromatic rings. The minimum absolute atomic E-state index is 0.0666. The number of H-pyrrole nitrogens is 1. The molecule has 0 fully saturated rings. The summed E-state index contributed by atoms with van der Waals surface area (Å²) < 4.78 is 10.8. The SMILES string of the molecule is COc1cc2c(cc1OC)CN(CC(=O)Nc1ccc3[nH]c(O)cc3c1)CC2. The molecule has 0 saturated carbocycles. The van der Waals surface area contributed by atoms with Crippen molar-refractivity contribution in [1.82, 2.24) is 9.88 Å². The van der Waals surface area contributed by atoms with Crippen LogP contribution in [0.5, 0.6) is 17.4 Å².